The molecule has 1 aromatic heterocycles. The summed E-state index contributed by atoms with van der Waals surface area (Å²) < 4.78 is 13.2. The molecule has 0 spiro atoms. The number of hydrogen-bond acceptors (Lipinski definition) is 3. The van der Waals surface area contributed by atoms with Crippen LogP contribution in [0.2, 0.25) is 0 Å². The van der Waals surface area contributed by atoms with Gasteiger partial charge in [-0.2, -0.15) is 0 Å². The number of halogens is 1. The zero-order chi connectivity index (χ0) is 19.0. The van der Waals surface area contributed by atoms with Crippen molar-refractivity contribution in [1.29, 1.82) is 0 Å². The van der Waals surface area contributed by atoms with Crippen LogP contribution in [-0.4, -0.2) is 29.0 Å². The molecule has 1 fully saturated rings. The molecule has 0 aliphatic carbocycles. The van der Waals surface area contributed by atoms with Gasteiger partial charge in [-0.1, -0.05) is 42.5 Å². The van der Waals surface area contributed by atoms with Crippen molar-refractivity contribution in [3.05, 3.63) is 83.0 Å². The zero-order valence-electron chi connectivity index (χ0n) is 14.9. The average molecular weight is 381 g/mol. The van der Waals surface area contributed by atoms with Gasteiger partial charge >= 0.3 is 0 Å². The second kappa shape index (κ2) is 7.25. The standard InChI is InChI=1S/C22H20FNO2S/c1-24-20(25)13-17(14-5-3-2-4-6-14)21(24)22(26)19-12-11-18(27-19)15-7-9-16(23)10-8-15/h2-12,17,21-22,26H,13H2,1H3/t17-,21-,22?/m1/s1. The first kappa shape index (κ1) is 17.9. The number of likely N-dealkylation sites (N-methyl/N-ethyl adjacent to an activating group) is 1. The lowest BCUT2D eigenvalue weighted by atomic mass is 9.88. The molecule has 1 saturated heterocycles. The summed E-state index contributed by atoms with van der Waals surface area (Å²) in [4.78, 5) is 15.8. The van der Waals surface area contributed by atoms with Crippen LogP contribution >= 0.6 is 11.3 Å². The SMILES string of the molecule is CN1C(=O)C[C@H](c2ccccc2)[C@@H]1C(O)c1ccc(-c2ccc(F)cc2)s1. The molecule has 0 radical (unpaired) electrons. The molecule has 2 aromatic carbocycles. The molecule has 1 aliphatic heterocycles. The minimum Gasteiger partial charge on any atom is -0.385 e. The molecule has 27 heavy (non-hydrogen) atoms. The van der Waals surface area contributed by atoms with Gasteiger partial charge in [-0.05, 0) is 35.4 Å². The van der Waals surface area contributed by atoms with E-state index in [9.17, 15) is 14.3 Å². The first-order chi connectivity index (χ1) is 13.0. The average Bonchev–Trinajstić information content (AvgIpc) is 3.28. The summed E-state index contributed by atoms with van der Waals surface area (Å²) >= 11 is 1.48. The fourth-order valence-corrected chi connectivity index (χ4v) is 4.83. The lowest BCUT2D eigenvalue weighted by Gasteiger charge is -2.29. The van der Waals surface area contributed by atoms with E-state index in [0.717, 1.165) is 20.9 Å². The topological polar surface area (TPSA) is 40.5 Å². The Morgan fingerprint density at radius 2 is 1.78 bits per heavy atom. The molecule has 5 heteroatoms. The largest absolute Gasteiger partial charge is 0.385 e. The summed E-state index contributed by atoms with van der Waals surface area (Å²) in [6.45, 7) is 0. The lowest BCUT2D eigenvalue weighted by molar-refractivity contribution is -0.128. The third-order valence-corrected chi connectivity index (χ3v) is 6.45. The maximum absolute atomic E-state index is 13.2. The van der Waals surface area contributed by atoms with Crippen molar-refractivity contribution in [1.82, 2.24) is 4.90 Å². The third kappa shape index (κ3) is 3.40. The molecule has 1 aliphatic rings. The first-order valence-electron chi connectivity index (χ1n) is 8.89. The number of thiophene rings is 1. The van der Waals surface area contributed by atoms with Gasteiger partial charge in [-0.25, -0.2) is 4.39 Å². The van der Waals surface area contributed by atoms with Gasteiger partial charge < -0.3 is 10.0 Å². The predicted molar refractivity (Wildman–Crippen MR) is 105 cm³/mol. The van der Waals surface area contributed by atoms with Crippen LogP contribution in [0.5, 0.6) is 0 Å². The van der Waals surface area contributed by atoms with Crippen molar-refractivity contribution in [2.24, 2.45) is 0 Å². The van der Waals surface area contributed by atoms with Gasteiger partial charge in [0, 0.05) is 29.1 Å². The molecule has 1 unspecified atom stereocenters. The highest BCUT2D eigenvalue weighted by atomic mass is 32.1. The molecule has 138 valence electrons. The van der Waals surface area contributed by atoms with Gasteiger partial charge in [0.1, 0.15) is 11.9 Å². The number of nitrogens with zero attached hydrogens (tertiary/aromatic N) is 1. The second-order valence-corrected chi connectivity index (χ2v) is 7.99. The molecular weight excluding hydrogens is 361 g/mol. The number of aliphatic hydroxyl groups excluding tert-OH is 1. The first-order valence-corrected chi connectivity index (χ1v) is 9.70. The number of carbonyl (C=O) groups is 1. The second-order valence-electron chi connectivity index (χ2n) is 6.87. The molecule has 1 amide bonds. The van der Waals surface area contributed by atoms with Gasteiger partial charge in [0.2, 0.25) is 5.91 Å². The Hall–Kier alpha value is -2.50. The maximum Gasteiger partial charge on any atom is 0.223 e. The van der Waals surface area contributed by atoms with Crippen molar-refractivity contribution in [3.63, 3.8) is 0 Å². The Bertz CT molecular complexity index is 938. The molecule has 2 heterocycles. The summed E-state index contributed by atoms with van der Waals surface area (Å²) in [7, 11) is 1.76. The van der Waals surface area contributed by atoms with Crippen LogP contribution in [0.4, 0.5) is 4.39 Å². The Balaban J connectivity index is 1.63. The van der Waals surface area contributed by atoms with Crippen LogP contribution in [0.1, 0.15) is 28.9 Å². The summed E-state index contributed by atoms with van der Waals surface area (Å²) in [5.74, 6) is -0.273. The molecule has 3 nitrogen and oxygen atoms in total. The molecular formula is C22H20FNO2S. The number of amides is 1. The van der Waals surface area contributed by atoms with Crippen LogP contribution in [-0.2, 0) is 4.79 Å². The Labute approximate surface area is 161 Å². The summed E-state index contributed by atoms with van der Waals surface area (Å²) in [5.41, 5.74) is 1.98. The van der Waals surface area contributed by atoms with Crippen LogP contribution in [0.15, 0.2) is 66.7 Å². The van der Waals surface area contributed by atoms with E-state index in [2.05, 4.69) is 0 Å². The molecule has 0 bridgehead atoms. The predicted octanol–water partition coefficient (Wildman–Crippen LogP) is 4.60. The van der Waals surface area contributed by atoms with E-state index >= 15 is 0 Å². The van der Waals surface area contributed by atoms with E-state index in [-0.39, 0.29) is 23.7 Å². The van der Waals surface area contributed by atoms with Crippen molar-refractivity contribution in [2.75, 3.05) is 7.05 Å². The molecule has 4 rings (SSSR count). The van der Waals surface area contributed by atoms with Crippen molar-refractivity contribution in [2.45, 2.75) is 24.5 Å². The Morgan fingerprint density at radius 1 is 1.07 bits per heavy atom. The number of benzene rings is 2. The van der Waals surface area contributed by atoms with E-state index in [1.807, 2.05) is 42.5 Å². The molecule has 3 aromatic rings. The number of hydrogen-bond donors (Lipinski definition) is 1. The highest BCUT2D eigenvalue weighted by Crippen LogP contribution is 2.42. The summed E-state index contributed by atoms with van der Waals surface area (Å²) in [5, 5.41) is 11.1. The van der Waals surface area contributed by atoms with Crippen molar-refractivity contribution >= 4 is 17.2 Å². The normalized spacial score (nSPS) is 20.9. The highest BCUT2D eigenvalue weighted by molar-refractivity contribution is 7.15. The zero-order valence-corrected chi connectivity index (χ0v) is 15.7. The van der Waals surface area contributed by atoms with Gasteiger partial charge in [0.15, 0.2) is 0 Å². The van der Waals surface area contributed by atoms with E-state index < -0.39 is 6.10 Å². The quantitative estimate of drug-likeness (QED) is 0.717. The Morgan fingerprint density at radius 3 is 2.48 bits per heavy atom. The number of likely N-dealkylation sites (tertiary alicyclic amines) is 1. The minimum absolute atomic E-state index is 0.0446. The highest BCUT2D eigenvalue weighted by Gasteiger charge is 2.43. The van der Waals surface area contributed by atoms with Gasteiger partial charge in [-0.15, -0.1) is 11.3 Å². The molecule has 1 N–H and O–H groups in total. The monoisotopic (exact) mass is 381 g/mol. The number of carbonyl (C=O) groups excluding carboxylic acids is 1. The number of aliphatic hydroxyl groups is 1. The van der Waals surface area contributed by atoms with Crippen LogP contribution in [0, 0.1) is 5.82 Å². The van der Waals surface area contributed by atoms with E-state index in [1.165, 1.54) is 23.5 Å². The van der Waals surface area contributed by atoms with Crippen LogP contribution < -0.4 is 0 Å². The van der Waals surface area contributed by atoms with E-state index in [1.54, 1.807) is 24.1 Å². The van der Waals surface area contributed by atoms with Gasteiger partial charge in [0.25, 0.3) is 0 Å². The van der Waals surface area contributed by atoms with E-state index in [0.29, 0.717) is 6.42 Å². The summed E-state index contributed by atoms with van der Waals surface area (Å²) in [6, 6.07) is 19.7. The third-order valence-electron chi connectivity index (χ3n) is 5.25. The van der Waals surface area contributed by atoms with Gasteiger partial charge in [-0.3, -0.25) is 4.79 Å². The Kier molecular flexibility index (Phi) is 4.81. The fourth-order valence-electron chi connectivity index (χ4n) is 3.79. The minimum atomic E-state index is -0.772. The molecule has 0 saturated carbocycles. The fraction of sp³-hybridized carbons (Fsp3) is 0.227. The van der Waals surface area contributed by atoms with Crippen LogP contribution in [0.25, 0.3) is 10.4 Å². The number of rotatable bonds is 4. The van der Waals surface area contributed by atoms with E-state index in [4.69, 9.17) is 0 Å². The summed E-state index contributed by atoms with van der Waals surface area (Å²) in [6.07, 6.45) is -0.371. The maximum atomic E-state index is 13.2. The van der Waals surface area contributed by atoms with Crippen molar-refractivity contribution < 1.29 is 14.3 Å². The lowest BCUT2D eigenvalue weighted by Crippen LogP contribution is -2.36. The smallest absolute Gasteiger partial charge is 0.223 e. The molecule has 3 atom stereocenters. The van der Waals surface area contributed by atoms with Gasteiger partial charge in [0.05, 0.1) is 6.04 Å². The van der Waals surface area contributed by atoms with Crippen molar-refractivity contribution in [3.8, 4) is 10.4 Å². The van der Waals surface area contributed by atoms with Crippen LogP contribution in [0.3, 0.4) is 0 Å².